The summed E-state index contributed by atoms with van der Waals surface area (Å²) < 4.78 is 4.40. The van der Waals surface area contributed by atoms with Gasteiger partial charge in [-0.05, 0) is 13.8 Å². The number of unbranched alkanes of at least 4 members (excludes halogenated alkanes) is 3. The molecule has 0 saturated heterocycles. The summed E-state index contributed by atoms with van der Waals surface area (Å²) in [4.78, 5) is 9.82. The predicted molar refractivity (Wildman–Crippen MR) is 76.6 cm³/mol. The molecule has 18 heavy (non-hydrogen) atoms. The molecule has 0 bridgehead atoms. The van der Waals surface area contributed by atoms with Crippen molar-refractivity contribution in [3.63, 3.8) is 0 Å². The van der Waals surface area contributed by atoms with Crippen molar-refractivity contribution in [1.29, 1.82) is 0 Å². The van der Waals surface area contributed by atoms with Crippen LogP contribution in [0, 0.1) is 0 Å². The normalized spacial score (nSPS) is 6.89. The first-order valence-corrected chi connectivity index (χ1v) is 6.29. The second-order valence-electron chi connectivity index (χ2n) is 2.95. The summed E-state index contributed by atoms with van der Waals surface area (Å²) in [5, 5.41) is 14.6. The van der Waals surface area contributed by atoms with Crippen molar-refractivity contribution in [2.75, 3.05) is 20.3 Å². The third-order valence-electron chi connectivity index (χ3n) is 1.30. The van der Waals surface area contributed by atoms with Crippen LogP contribution in [0.25, 0.3) is 0 Å². The van der Waals surface area contributed by atoms with Gasteiger partial charge >= 0.3 is 5.97 Å². The van der Waals surface area contributed by atoms with Gasteiger partial charge in [0.15, 0.2) is 0 Å². The number of carbonyl (C=O) groups excluding carboxylic acids is 1. The van der Waals surface area contributed by atoms with Crippen LogP contribution in [0.15, 0.2) is 0 Å². The fraction of sp³-hybridized carbons (Fsp3) is 0.923. The molecule has 0 aromatic carbocycles. The van der Waals surface area contributed by atoms with Gasteiger partial charge in [-0.1, -0.05) is 39.5 Å². The lowest BCUT2D eigenvalue weighted by Crippen LogP contribution is -1.95. The van der Waals surface area contributed by atoms with Gasteiger partial charge in [0.1, 0.15) is 0 Å². The van der Waals surface area contributed by atoms with Crippen molar-refractivity contribution in [2.45, 2.75) is 60.3 Å². The SMILES string of the molecule is CCCCCC.CCO.CCOC(C)=O.CO.O. The topological polar surface area (TPSA) is 98.3 Å². The minimum atomic E-state index is -0.211. The van der Waals surface area contributed by atoms with E-state index in [2.05, 4.69) is 18.6 Å². The highest BCUT2D eigenvalue weighted by Gasteiger charge is 1.81. The summed E-state index contributed by atoms with van der Waals surface area (Å²) in [6, 6.07) is 0. The molecule has 0 aliphatic carbocycles. The first kappa shape index (κ1) is 30.4. The first-order valence-electron chi connectivity index (χ1n) is 6.29. The zero-order valence-electron chi connectivity index (χ0n) is 13.0. The smallest absolute Gasteiger partial charge is 0.302 e. The molecule has 0 saturated carbocycles. The van der Waals surface area contributed by atoms with E-state index in [4.69, 9.17) is 10.2 Å². The number of rotatable bonds is 4. The van der Waals surface area contributed by atoms with E-state index in [1.165, 1.54) is 32.6 Å². The molecule has 0 aromatic rings. The van der Waals surface area contributed by atoms with Crippen molar-refractivity contribution in [3.8, 4) is 0 Å². The molecule has 116 valence electrons. The van der Waals surface area contributed by atoms with Crippen LogP contribution >= 0.6 is 0 Å². The minimum Gasteiger partial charge on any atom is -0.466 e. The van der Waals surface area contributed by atoms with Crippen molar-refractivity contribution in [2.24, 2.45) is 0 Å². The van der Waals surface area contributed by atoms with Crippen molar-refractivity contribution >= 4 is 5.97 Å². The Morgan fingerprint density at radius 2 is 1.28 bits per heavy atom. The lowest BCUT2D eigenvalue weighted by atomic mass is 10.2. The van der Waals surface area contributed by atoms with Gasteiger partial charge in [0.25, 0.3) is 0 Å². The molecule has 0 atom stereocenters. The molecule has 0 radical (unpaired) electrons. The van der Waals surface area contributed by atoms with Crippen LogP contribution in [-0.2, 0) is 9.53 Å². The van der Waals surface area contributed by atoms with Crippen LogP contribution in [0.5, 0.6) is 0 Å². The van der Waals surface area contributed by atoms with Crippen molar-refractivity contribution in [1.82, 2.24) is 0 Å². The van der Waals surface area contributed by atoms with E-state index in [0.717, 1.165) is 7.11 Å². The van der Waals surface area contributed by atoms with Gasteiger partial charge in [0.2, 0.25) is 0 Å². The summed E-state index contributed by atoms with van der Waals surface area (Å²) in [5.41, 5.74) is 0. The Morgan fingerprint density at radius 1 is 1.00 bits per heavy atom. The van der Waals surface area contributed by atoms with E-state index in [0.29, 0.717) is 6.61 Å². The zero-order valence-corrected chi connectivity index (χ0v) is 13.0. The van der Waals surface area contributed by atoms with E-state index >= 15 is 0 Å². The Labute approximate surface area is 112 Å². The van der Waals surface area contributed by atoms with Crippen LogP contribution in [0.3, 0.4) is 0 Å². The molecule has 0 heterocycles. The average Bonchev–Trinajstić information content (AvgIpc) is 2.31. The van der Waals surface area contributed by atoms with E-state index in [-0.39, 0.29) is 18.1 Å². The highest BCUT2D eigenvalue weighted by molar-refractivity contribution is 5.65. The number of hydrogen-bond donors (Lipinski definition) is 2. The van der Waals surface area contributed by atoms with Gasteiger partial charge in [-0.3, -0.25) is 4.79 Å². The van der Waals surface area contributed by atoms with Crippen molar-refractivity contribution in [3.05, 3.63) is 0 Å². The number of hydrogen-bond acceptors (Lipinski definition) is 4. The summed E-state index contributed by atoms with van der Waals surface area (Å²) in [6.07, 6.45) is 5.54. The number of ether oxygens (including phenoxy) is 1. The molecule has 0 rings (SSSR count). The minimum absolute atomic E-state index is 0. The van der Waals surface area contributed by atoms with Crippen molar-refractivity contribution < 1.29 is 25.2 Å². The van der Waals surface area contributed by atoms with Gasteiger partial charge < -0.3 is 20.4 Å². The molecule has 5 nitrogen and oxygen atoms in total. The standard InChI is InChI=1S/C6H14.C4H8O2.C2H6O.CH4O.H2O/c1-3-5-6-4-2;1-3-6-4(2)5;1-2-3;1-2;/h3-6H2,1-2H3;3H2,1-2H3;3H,2H2,1H3;2H,1H3;1H2. The Hall–Kier alpha value is -0.650. The Morgan fingerprint density at radius 3 is 1.33 bits per heavy atom. The molecule has 0 aliphatic heterocycles. The second-order valence-corrected chi connectivity index (χ2v) is 2.95. The highest BCUT2D eigenvalue weighted by Crippen LogP contribution is 1.95. The lowest BCUT2D eigenvalue weighted by Gasteiger charge is -1.89. The maximum Gasteiger partial charge on any atom is 0.302 e. The third kappa shape index (κ3) is 110. The Bertz CT molecular complexity index is 104. The second kappa shape index (κ2) is 44.1. The monoisotopic (exact) mass is 270 g/mol. The fourth-order valence-electron chi connectivity index (χ4n) is 0.703. The summed E-state index contributed by atoms with van der Waals surface area (Å²) in [7, 11) is 1.00. The average molecular weight is 270 g/mol. The largest absolute Gasteiger partial charge is 0.466 e. The van der Waals surface area contributed by atoms with E-state index in [1.54, 1.807) is 13.8 Å². The summed E-state index contributed by atoms with van der Waals surface area (Å²) >= 11 is 0. The van der Waals surface area contributed by atoms with E-state index in [9.17, 15) is 4.79 Å². The maximum absolute atomic E-state index is 9.82. The van der Waals surface area contributed by atoms with Crippen LogP contribution in [0.4, 0.5) is 0 Å². The maximum atomic E-state index is 9.82. The van der Waals surface area contributed by atoms with Crippen LogP contribution in [-0.4, -0.2) is 42.0 Å². The number of esters is 1. The third-order valence-corrected chi connectivity index (χ3v) is 1.30. The molecule has 0 aliphatic rings. The number of aliphatic hydroxyl groups is 2. The molecule has 0 unspecified atom stereocenters. The van der Waals surface area contributed by atoms with Crippen LogP contribution in [0.1, 0.15) is 60.3 Å². The quantitative estimate of drug-likeness (QED) is 0.602. The molecule has 0 fully saturated rings. The molecule has 5 heteroatoms. The number of carbonyl (C=O) groups is 1. The lowest BCUT2D eigenvalue weighted by molar-refractivity contribution is -0.140. The predicted octanol–water partition coefficient (Wildman–Crippen LogP) is 1.94. The molecule has 4 N–H and O–H groups in total. The van der Waals surface area contributed by atoms with Gasteiger partial charge in [-0.25, -0.2) is 0 Å². The summed E-state index contributed by atoms with van der Waals surface area (Å²) in [6.45, 7) is 10.0. The van der Waals surface area contributed by atoms with Gasteiger partial charge in [-0.2, -0.15) is 0 Å². The summed E-state index contributed by atoms with van der Waals surface area (Å²) in [5.74, 6) is -0.211. The molecular weight excluding hydrogens is 236 g/mol. The molecule has 0 amide bonds. The molecule has 0 aromatic heterocycles. The molecular formula is C13H34O5. The van der Waals surface area contributed by atoms with Gasteiger partial charge in [0, 0.05) is 20.6 Å². The Balaban J connectivity index is -0.0000000446. The Kier molecular flexibility index (Phi) is 74.4. The fourth-order valence-corrected chi connectivity index (χ4v) is 0.703. The zero-order chi connectivity index (χ0) is 14.5. The number of aliphatic hydroxyl groups excluding tert-OH is 2. The van der Waals surface area contributed by atoms with E-state index in [1.807, 2.05) is 0 Å². The molecule has 0 spiro atoms. The van der Waals surface area contributed by atoms with Crippen LogP contribution in [0.2, 0.25) is 0 Å². The first-order chi connectivity index (χ1) is 8.10. The van der Waals surface area contributed by atoms with E-state index < -0.39 is 0 Å². The van der Waals surface area contributed by atoms with Gasteiger partial charge in [0.05, 0.1) is 6.61 Å². The highest BCUT2D eigenvalue weighted by atomic mass is 16.5. The van der Waals surface area contributed by atoms with Crippen LogP contribution < -0.4 is 0 Å². The van der Waals surface area contributed by atoms with Gasteiger partial charge in [-0.15, -0.1) is 0 Å².